The number of sulfonamides is 1. The third kappa shape index (κ3) is 5.37. The molecule has 0 saturated carbocycles. The van der Waals surface area contributed by atoms with Gasteiger partial charge in [-0.1, -0.05) is 29.8 Å². The summed E-state index contributed by atoms with van der Waals surface area (Å²) in [4.78, 5) is 13.9. The minimum atomic E-state index is -3.65. The fraction of sp³-hybridized carbons (Fsp3) is 0.316. The standard InChI is InChI=1S/C19H21ClFN3O4S/c20-15-4-3-5-16(14-15)29(26,27)24-11-9-23(10-12-24)19(25)22-8-13-28-18-7-2-1-6-17(18)21/h1-7,14H,8-13H2,(H,22,25). The summed E-state index contributed by atoms with van der Waals surface area (Å²) in [6.45, 7) is 1.23. The normalized spacial score (nSPS) is 15.2. The van der Waals surface area contributed by atoms with E-state index in [9.17, 15) is 17.6 Å². The van der Waals surface area contributed by atoms with E-state index < -0.39 is 15.8 Å². The Labute approximate surface area is 174 Å². The van der Waals surface area contributed by atoms with Gasteiger partial charge in [0, 0.05) is 31.2 Å². The number of rotatable bonds is 6. The highest BCUT2D eigenvalue weighted by Gasteiger charge is 2.30. The van der Waals surface area contributed by atoms with E-state index in [0.717, 1.165) is 0 Å². The Morgan fingerprint density at radius 3 is 2.52 bits per heavy atom. The van der Waals surface area contributed by atoms with Gasteiger partial charge in [-0.2, -0.15) is 4.31 Å². The zero-order valence-electron chi connectivity index (χ0n) is 15.6. The fourth-order valence-electron chi connectivity index (χ4n) is 2.90. The summed E-state index contributed by atoms with van der Waals surface area (Å²) in [5.41, 5.74) is 0. The summed E-state index contributed by atoms with van der Waals surface area (Å²) in [7, 11) is -3.65. The summed E-state index contributed by atoms with van der Waals surface area (Å²) in [5.74, 6) is -0.336. The Bertz CT molecular complexity index is 965. The number of carbonyl (C=O) groups is 1. The minimum Gasteiger partial charge on any atom is -0.489 e. The van der Waals surface area contributed by atoms with Gasteiger partial charge >= 0.3 is 6.03 Å². The lowest BCUT2D eigenvalue weighted by Gasteiger charge is -2.34. The fourth-order valence-corrected chi connectivity index (χ4v) is 4.62. The molecule has 0 spiro atoms. The van der Waals surface area contributed by atoms with Crippen LogP contribution in [0.5, 0.6) is 5.75 Å². The molecule has 2 aromatic carbocycles. The molecule has 1 heterocycles. The Balaban J connectivity index is 1.45. The first-order valence-corrected chi connectivity index (χ1v) is 10.9. The molecular formula is C19H21ClFN3O4S. The van der Waals surface area contributed by atoms with Gasteiger partial charge in [0.25, 0.3) is 0 Å². The molecule has 1 aliphatic heterocycles. The van der Waals surface area contributed by atoms with Crippen molar-refractivity contribution in [1.29, 1.82) is 0 Å². The third-order valence-electron chi connectivity index (χ3n) is 4.43. The van der Waals surface area contributed by atoms with Crippen LogP contribution in [0.25, 0.3) is 0 Å². The van der Waals surface area contributed by atoms with E-state index in [2.05, 4.69) is 5.32 Å². The van der Waals surface area contributed by atoms with Crippen molar-refractivity contribution in [2.45, 2.75) is 4.90 Å². The molecule has 29 heavy (non-hydrogen) atoms. The van der Waals surface area contributed by atoms with Gasteiger partial charge in [-0.15, -0.1) is 0 Å². The minimum absolute atomic E-state index is 0.121. The van der Waals surface area contributed by atoms with E-state index in [0.29, 0.717) is 5.02 Å². The number of hydrogen-bond donors (Lipinski definition) is 1. The van der Waals surface area contributed by atoms with Crippen molar-refractivity contribution in [2.24, 2.45) is 0 Å². The molecule has 0 radical (unpaired) electrons. The largest absolute Gasteiger partial charge is 0.489 e. The number of nitrogens with zero attached hydrogens (tertiary/aromatic N) is 2. The zero-order valence-corrected chi connectivity index (χ0v) is 17.1. The molecule has 0 bridgehead atoms. The highest BCUT2D eigenvalue weighted by Crippen LogP contribution is 2.21. The molecule has 10 heteroatoms. The van der Waals surface area contributed by atoms with Crippen LogP contribution in [0.1, 0.15) is 0 Å². The van der Waals surface area contributed by atoms with Gasteiger partial charge in [-0.3, -0.25) is 0 Å². The van der Waals surface area contributed by atoms with Crippen LogP contribution in [0.2, 0.25) is 5.02 Å². The van der Waals surface area contributed by atoms with E-state index in [1.165, 1.54) is 33.5 Å². The predicted octanol–water partition coefficient (Wildman–Crippen LogP) is 2.57. The molecule has 7 nitrogen and oxygen atoms in total. The van der Waals surface area contributed by atoms with Gasteiger partial charge in [0.05, 0.1) is 11.4 Å². The molecule has 156 valence electrons. The lowest BCUT2D eigenvalue weighted by molar-refractivity contribution is 0.170. The van der Waals surface area contributed by atoms with Crippen molar-refractivity contribution in [3.63, 3.8) is 0 Å². The first-order chi connectivity index (χ1) is 13.9. The maximum atomic E-state index is 13.5. The van der Waals surface area contributed by atoms with E-state index in [-0.39, 0.29) is 56.0 Å². The first kappa shape index (κ1) is 21.4. The molecule has 1 fully saturated rings. The SMILES string of the molecule is O=C(NCCOc1ccccc1F)N1CCN(S(=O)(=O)c2cccc(Cl)c2)CC1. The lowest BCUT2D eigenvalue weighted by atomic mass is 10.3. The van der Waals surface area contributed by atoms with E-state index in [1.54, 1.807) is 24.3 Å². The van der Waals surface area contributed by atoms with Crippen molar-refractivity contribution in [1.82, 2.24) is 14.5 Å². The maximum Gasteiger partial charge on any atom is 0.317 e. The van der Waals surface area contributed by atoms with E-state index in [1.807, 2.05) is 0 Å². The Hall–Kier alpha value is -2.36. The van der Waals surface area contributed by atoms with Crippen LogP contribution in [0.15, 0.2) is 53.4 Å². The molecule has 2 amide bonds. The Kier molecular flexibility index (Phi) is 6.94. The van der Waals surface area contributed by atoms with Crippen LogP contribution in [0.4, 0.5) is 9.18 Å². The Morgan fingerprint density at radius 2 is 1.83 bits per heavy atom. The van der Waals surface area contributed by atoms with E-state index >= 15 is 0 Å². The predicted molar refractivity (Wildman–Crippen MR) is 107 cm³/mol. The number of ether oxygens (including phenoxy) is 1. The number of hydrogen-bond acceptors (Lipinski definition) is 4. The van der Waals surface area contributed by atoms with Crippen LogP contribution in [-0.2, 0) is 10.0 Å². The summed E-state index contributed by atoms with van der Waals surface area (Å²) < 4.78 is 45.5. The van der Waals surface area contributed by atoms with Gasteiger partial charge in [0.15, 0.2) is 11.6 Å². The molecule has 0 atom stereocenters. The monoisotopic (exact) mass is 441 g/mol. The number of nitrogens with one attached hydrogen (secondary N) is 1. The molecule has 0 unspecified atom stereocenters. The summed E-state index contributed by atoms with van der Waals surface area (Å²) in [5, 5.41) is 3.04. The van der Waals surface area contributed by atoms with Crippen LogP contribution in [-0.4, -0.2) is 63.0 Å². The molecule has 1 N–H and O–H groups in total. The topological polar surface area (TPSA) is 79.0 Å². The summed E-state index contributed by atoms with van der Waals surface area (Å²) >= 11 is 5.89. The first-order valence-electron chi connectivity index (χ1n) is 9.04. The number of para-hydroxylation sites is 1. The molecule has 3 rings (SSSR count). The highest BCUT2D eigenvalue weighted by molar-refractivity contribution is 7.89. The average Bonchev–Trinajstić information content (AvgIpc) is 2.72. The van der Waals surface area contributed by atoms with Crippen molar-refractivity contribution in [2.75, 3.05) is 39.3 Å². The number of benzene rings is 2. The van der Waals surface area contributed by atoms with Crippen LogP contribution < -0.4 is 10.1 Å². The molecule has 1 aliphatic rings. The zero-order chi connectivity index (χ0) is 20.9. The van der Waals surface area contributed by atoms with Crippen molar-refractivity contribution >= 4 is 27.7 Å². The Morgan fingerprint density at radius 1 is 1.10 bits per heavy atom. The van der Waals surface area contributed by atoms with Crippen LogP contribution in [0, 0.1) is 5.82 Å². The number of amides is 2. The van der Waals surface area contributed by atoms with Crippen molar-refractivity contribution in [3.8, 4) is 5.75 Å². The average molecular weight is 442 g/mol. The quantitative estimate of drug-likeness (QED) is 0.699. The van der Waals surface area contributed by atoms with Gasteiger partial charge in [-0.25, -0.2) is 17.6 Å². The molecule has 0 aromatic heterocycles. The molecule has 2 aromatic rings. The highest BCUT2D eigenvalue weighted by atomic mass is 35.5. The summed E-state index contributed by atoms with van der Waals surface area (Å²) in [6.07, 6.45) is 0. The molecule has 1 saturated heterocycles. The second-order valence-electron chi connectivity index (χ2n) is 6.36. The maximum absolute atomic E-state index is 13.5. The van der Waals surface area contributed by atoms with Crippen LogP contribution >= 0.6 is 11.6 Å². The number of carbonyl (C=O) groups excluding carboxylic acids is 1. The van der Waals surface area contributed by atoms with Gasteiger partial charge in [0.1, 0.15) is 6.61 Å². The van der Waals surface area contributed by atoms with Gasteiger partial charge < -0.3 is 15.0 Å². The van der Waals surface area contributed by atoms with Crippen LogP contribution in [0.3, 0.4) is 0 Å². The van der Waals surface area contributed by atoms with Gasteiger partial charge in [-0.05, 0) is 30.3 Å². The number of halogens is 2. The molecular weight excluding hydrogens is 421 g/mol. The third-order valence-corrected chi connectivity index (χ3v) is 6.56. The summed E-state index contributed by atoms with van der Waals surface area (Å²) in [6, 6.07) is 11.8. The van der Waals surface area contributed by atoms with Crippen molar-refractivity contribution < 1.29 is 22.3 Å². The lowest BCUT2D eigenvalue weighted by Crippen LogP contribution is -2.53. The number of urea groups is 1. The second-order valence-corrected chi connectivity index (χ2v) is 8.73. The smallest absolute Gasteiger partial charge is 0.317 e. The molecule has 0 aliphatic carbocycles. The van der Waals surface area contributed by atoms with Gasteiger partial charge in [0.2, 0.25) is 10.0 Å². The number of piperazine rings is 1. The van der Waals surface area contributed by atoms with E-state index in [4.69, 9.17) is 16.3 Å². The second kappa shape index (κ2) is 9.43. The van der Waals surface area contributed by atoms with Crippen molar-refractivity contribution in [3.05, 3.63) is 59.4 Å².